The Morgan fingerprint density at radius 3 is 2.19 bits per heavy atom. The second kappa shape index (κ2) is 12.8. The first-order valence-electron chi connectivity index (χ1n) is 10.9. The highest BCUT2D eigenvalue weighted by Gasteiger charge is 2.24. The van der Waals surface area contributed by atoms with Crippen molar-refractivity contribution in [2.45, 2.75) is 58.3 Å². The van der Waals surface area contributed by atoms with Crippen LogP contribution in [0, 0.1) is 0 Å². The Hall–Kier alpha value is -2.90. The van der Waals surface area contributed by atoms with E-state index in [2.05, 4.69) is 5.48 Å². The van der Waals surface area contributed by atoms with Crippen molar-refractivity contribution in [2.24, 2.45) is 0 Å². The standard InChI is InChI=1S/C25H34N2O5/c1-25(2,3)32-24(30)27(18-22(28)15-14-20-10-6-4-7-11-20)17-16-23(29)26-31-19-21-12-8-5-9-13-21/h4-13,22,28H,14-19H2,1-3H3,(H,26,29). The van der Waals surface area contributed by atoms with E-state index in [0.29, 0.717) is 12.8 Å². The number of aryl methyl sites for hydroxylation is 1. The van der Waals surface area contributed by atoms with E-state index in [0.717, 1.165) is 11.1 Å². The zero-order valence-electron chi connectivity index (χ0n) is 19.1. The van der Waals surface area contributed by atoms with Crippen LogP contribution in [0.5, 0.6) is 0 Å². The largest absolute Gasteiger partial charge is 0.444 e. The second-order valence-corrected chi connectivity index (χ2v) is 8.65. The number of aliphatic hydroxyl groups excluding tert-OH is 1. The highest BCUT2D eigenvalue weighted by molar-refractivity contribution is 5.76. The number of ether oxygens (including phenoxy) is 1. The molecule has 0 saturated carbocycles. The number of hydrogen-bond acceptors (Lipinski definition) is 5. The summed E-state index contributed by atoms with van der Waals surface area (Å²) in [5.41, 5.74) is 3.77. The molecule has 0 heterocycles. The number of carbonyl (C=O) groups excluding carboxylic acids is 2. The summed E-state index contributed by atoms with van der Waals surface area (Å²) in [6.45, 7) is 5.77. The molecule has 0 spiro atoms. The molecular formula is C25H34N2O5. The molecule has 0 bridgehead atoms. The van der Waals surface area contributed by atoms with Crippen LogP contribution in [-0.2, 0) is 27.4 Å². The fourth-order valence-corrected chi connectivity index (χ4v) is 2.97. The van der Waals surface area contributed by atoms with Gasteiger partial charge in [0.05, 0.1) is 12.7 Å². The third kappa shape index (κ3) is 10.4. The lowest BCUT2D eigenvalue weighted by molar-refractivity contribution is -0.134. The van der Waals surface area contributed by atoms with Crippen molar-refractivity contribution in [3.63, 3.8) is 0 Å². The van der Waals surface area contributed by atoms with E-state index < -0.39 is 17.8 Å². The fraction of sp³-hybridized carbons (Fsp3) is 0.440. The first kappa shape index (κ1) is 25.4. The van der Waals surface area contributed by atoms with E-state index in [1.165, 1.54) is 4.90 Å². The highest BCUT2D eigenvalue weighted by atomic mass is 16.6. The normalized spacial score (nSPS) is 12.1. The van der Waals surface area contributed by atoms with Crippen molar-refractivity contribution in [1.82, 2.24) is 10.4 Å². The number of nitrogens with one attached hydrogen (secondary N) is 1. The molecule has 2 aromatic carbocycles. The van der Waals surface area contributed by atoms with Crippen molar-refractivity contribution in [1.29, 1.82) is 0 Å². The molecule has 7 heteroatoms. The van der Waals surface area contributed by atoms with Gasteiger partial charge in [0.2, 0.25) is 5.91 Å². The third-order valence-electron chi connectivity index (χ3n) is 4.57. The molecule has 0 aliphatic carbocycles. The molecule has 32 heavy (non-hydrogen) atoms. The maximum absolute atomic E-state index is 12.6. The van der Waals surface area contributed by atoms with Crippen LogP contribution in [0.15, 0.2) is 60.7 Å². The van der Waals surface area contributed by atoms with Gasteiger partial charge in [0, 0.05) is 19.5 Å². The highest BCUT2D eigenvalue weighted by Crippen LogP contribution is 2.12. The molecule has 0 fully saturated rings. The van der Waals surface area contributed by atoms with Gasteiger partial charge < -0.3 is 14.7 Å². The van der Waals surface area contributed by atoms with Crippen molar-refractivity contribution in [3.8, 4) is 0 Å². The number of benzene rings is 2. The second-order valence-electron chi connectivity index (χ2n) is 8.65. The summed E-state index contributed by atoms with van der Waals surface area (Å²) in [5, 5.41) is 10.5. The summed E-state index contributed by atoms with van der Waals surface area (Å²) in [4.78, 5) is 31.4. The molecule has 1 unspecified atom stereocenters. The van der Waals surface area contributed by atoms with Gasteiger partial charge in [-0.2, -0.15) is 0 Å². The average molecular weight is 443 g/mol. The Kier molecular flexibility index (Phi) is 10.2. The molecule has 1 atom stereocenters. The topological polar surface area (TPSA) is 88.1 Å². The summed E-state index contributed by atoms with van der Waals surface area (Å²) < 4.78 is 5.45. The monoisotopic (exact) mass is 442 g/mol. The number of rotatable bonds is 11. The number of hydroxylamine groups is 1. The minimum Gasteiger partial charge on any atom is -0.444 e. The molecule has 174 valence electrons. The van der Waals surface area contributed by atoms with E-state index in [1.54, 1.807) is 20.8 Å². The Morgan fingerprint density at radius 2 is 1.59 bits per heavy atom. The van der Waals surface area contributed by atoms with Crippen LogP contribution in [0.2, 0.25) is 0 Å². The van der Waals surface area contributed by atoms with E-state index in [9.17, 15) is 14.7 Å². The first-order chi connectivity index (χ1) is 15.2. The van der Waals surface area contributed by atoms with Crippen LogP contribution in [-0.4, -0.2) is 46.8 Å². The summed E-state index contributed by atoms with van der Waals surface area (Å²) in [5.74, 6) is -0.353. The van der Waals surface area contributed by atoms with E-state index >= 15 is 0 Å². The first-order valence-corrected chi connectivity index (χ1v) is 10.9. The van der Waals surface area contributed by atoms with Crippen LogP contribution < -0.4 is 5.48 Å². The number of hydrogen-bond donors (Lipinski definition) is 2. The number of nitrogens with zero attached hydrogens (tertiary/aromatic N) is 1. The predicted molar refractivity (Wildman–Crippen MR) is 123 cm³/mol. The van der Waals surface area contributed by atoms with Crippen LogP contribution in [0.4, 0.5) is 4.79 Å². The van der Waals surface area contributed by atoms with Crippen molar-refractivity contribution in [3.05, 3.63) is 71.8 Å². The molecule has 2 rings (SSSR count). The molecule has 2 amide bonds. The molecule has 0 aromatic heterocycles. The summed E-state index contributed by atoms with van der Waals surface area (Å²) in [7, 11) is 0. The van der Waals surface area contributed by atoms with Crippen LogP contribution in [0.1, 0.15) is 44.7 Å². The molecule has 0 radical (unpaired) electrons. The van der Waals surface area contributed by atoms with Crippen molar-refractivity contribution in [2.75, 3.05) is 13.1 Å². The maximum Gasteiger partial charge on any atom is 0.410 e. The number of carbonyl (C=O) groups is 2. The lowest BCUT2D eigenvalue weighted by Gasteiger charge is -2.28. The van der Waals surface area contributed by atoms with Gasteiger partial charge in [-0.15, -0.1) is 0 Å². The van der Waals surface area contributed by atoms with Gasteiger partial charge >= 0.3 is 6.09 Å². The minimum absolute atomic E-state index is 0.0272. The lowest BCUT2D eigenvalue weighted by atomic mass is 10.1. The van der Waals surface area contributed by atoms with Crippen molar-refractivity contribution < 1.29 is 24.3 Å². The molecule has 0 saturated heterocycles. The Balaban J connectivity index is 1.83. The van der Waals surface area contributed by atoms with E-state index in [-0.39, 0.29) is 32.0 Å². The average Bonchev–Trinajstić information content (AvgIpc) is 2.75. The SMILES string of the molecule is CC(C)(C)OC(=O)N(CCC(=O)NOCc1ccccc1)CC(O)CCc1ccccc1. The lowest BCUT2D eigenvalue weighted by Crippen LogP contribution is -2.43. The molecule has 2 aromatic rings. The van der Waals surface area contributed by atoms with Crippen LogP contribution in [0.3, 0.4) is 0 Å². The Bertz CT molecular complexity index is 821. The van der Waals surface area contributed by atoms with E-state index in [1.807, 2.05) is 60.7 Å². The summed E-state index contributed by atoms with van der Waals surface area (Å²) >= 11 is 0. The van der Waals surface area contributed by atoms with E-state index in [4.69, 9.17) is 9.57 Å². The summed E-state index contributed by atoms with van der Waals surface area (Å²) in [6, 6.07) is 19.3. The van der Waals surface area contributed by atoms with Crippen molar-refractivity contribution >= 4 is 12.0 Å². The Labute approximate surface area is 190 Å². The van der Waals surface area contributed by atoms with Gasteiger partial charge in [-0.3, -0.25) is 9.63 Å². The van der Waals surface area contributed by atoms with Gasteiger partial charge in [-0.05, 0) is 44.7 Å². The van der Waals surface area contributed by atoms with Gasteiger partial charge in [0.15, 0.2) is 0 Å². The third-order valence-corrected chi connectivity index (χ3v) is 4.57. The zero-order chi connectivity index (χ0) is 23.4. The quantitative estimate of drug-likeness (QED) is 0.516. The fourth-order valence-electron chi connectivity index (χ4n) is 2.97. The van der Waals surface area contributed by atoms with Crippen LogP contribution >= 0.6 is 0 Å². The molecular weight excluding hydrogens is 408 g/mol. The molecule has 0 aliphatic heterocycles. The zero-order valence-corrected chi connectivity index (χ0v) is 19.1. The van der Waals surface area contributed by atoms with Gasteiger partial charge in [0.1, 0.15) is 5.60 Å². The molecule has 2 N–H and O–H groups in total. The maximum atomic E-state index is 12.6. The van der Waals surface area contributed by atoms with Gasteiger partial charge in [0.25, 0.3) is 0 Å². The van der Waals surface area contributed by atoms with Crippen LogP contribution in [0.25, 0.3) is 0 Å². The molecule has 0 aliphatic rings. The number of amides is 2. The minimum atomic E-state index is -0.736. The Morgan fingerprint density at radius 1 is 1.00 bits per heavy atom. The summed E-state index contributed by atoms with van der Waals surface area (Å²) in [6.07, 6.45) is -0.0815. The number of aliphatic hydroxyl groups is 1. The predicted octanol–water partition coefficient (Wildman–Crippen LogP) is 3.86. The smallest absolute Gasteiger partial charge is 0.410 e. The van der Waals surface area contributed by atoms with Gasteiger partial charge in [-0.1, -0.05) is 60.7 Å². The molecule has 7 nitrogen and oxygen atoms in total. The van der Waals surface area contributed by atoms with Gasteiger partial charge in [-0.25, -0.2) is 10.3 Å².